The number of nitrogens with zero attached hydrogens (tertiary/aromatic N) is 2. The fraction of sp³-hybridized carbons (Fsp3) is 0.562. The SMILES string of the molecule is Cn1c(Nc2ncc(C(C)(C)C)[nH]2)ccc1C(C)(C)C. The number of hydrogen-bond acceptors (Lipinski definition) is 2. The molecule has 4 heteroatoms. The van der Waals surface area contributed by atoms with E-state index >= 15 is 0 Å². The van der Waals surface area contributed by atoms with Crippen LogP contribution in [0.1, 0.15) is 52.9 Å². The maximum Gasteiger partial charge on any atom is 0.205 e. The van der Waals surface area contributed by atoms with E-state index in [-0.39, 0.29) is 10.8 Å². The van der Waals surface area contributed by atoms with Crippen molar-refractivity contribution >= 4 is 11.8 Å². The topological polar surface area (TPSA) is 45.6 Å². The molecule has 0 aromatic carbocycles. The smallest absolute Gasteiger partial charge is 0.205 e. The van der Waals surface area contributed by atoms with Gasteiger partial charge in [-0.3, -0.25) is 0 Å². The lowest BCUT2D eigenvalue weighted by Crippen LogP contribution is -2.16. The average molecular weight is 274 g/mol. The minimum Gasteiger partial charge on any atom is -0.334 e. The number of anilines is 2. The molecule has 0 radical (unpaired) electrons. The molecule has 0 saturated carbocycles. The molecule has 20 heavy (non-hydrogen) atoms. The second-order valence-electron chi connectivity index (χ2n) is 7.43. The van der Waals surface area contributed by atoms with Crippen molar-refractivity contribution in [3.8, 4) is 0 Å². The first-order chi connectivity index (χ1) is 9.09. The summed E-state index contributed by atoms with van der Waals surface area (Å²) >= 11 is 0. The Kier molecular flexibility index (Phi) is 3.44. The van der Waals surface area contributed by atoms with Crippen LogP contribution in [-0.4, -0.2) is 14.5 Å². The van der Waals surface area contributed by atoms with Gasteiger partial charge >= 0.3 is 0 Å². The van der Waals surface area contributed by atoms with E-state index in [1.54, 1.807) is 0 Å². The van der Waals surface area contributed by atoms with Crippen LogP contribution in [0.5, 0.6) is 0 Å². The van der Waals surface area contributed by atoms with E-state index in [0.717, 1.165) is 17.5 Å². The molecule has 0 aliphatic heterocycles. The van der Waals surface area contributed by atoms with Crippen molar-refractivity contribution in [2.24, 2.45) is 7.05 Å². The number of H-pyrrole nitrogens is 1. The Balaban J connectivity index is 2.23. The summed E-state index contributed by atoms with van der Waals surface area (Å²) in [5.41, 5.74) is 2.64. The molecular formula is C16H26N4. The van der Waals surface area contributed by atoms with E-state index in [1.807, 2.05) is 6.20 Å². The lowest BCUT2D eigenvalue weighted by Gasteiger charge is -2.20. The minimum absolute atomic E-state index is 0.0811. The Morgan fingerprint density at radius 2 is 1.70 bits per heavy atom. The number of hydrogen-bond donors (Lipinski definition) is 2. The van der Waals surface area contributed by atoms with E-state index < -0.39 is 0 Å². The highest BCUT2D eigenvalue weighted by atomic mass is 15.2. The summed E-state index contributed by atoms with van der Waals surface area (Å²) in [5, 5.41) is 3.35. The van der Waals surface area contributed by atoms with Crippen molar-refractivity contribution in [2.75, 3.05) is 5.32 Å². The molecule has 0 spiro atoms. The molecule has 4 nitrogen and oxygen atoms in total. The highest BCUT2D eigenvalue weighted by Gasteiger charge is 2.20. The van der Waals surface area contributed by atoms with Crippen LogP contribution >= 0.6 is 0 Å². The maximum atomic E-state index is 4.41. The molecule has 0 bridgehead atoms. The molecule has 2 aromatic rings. The molecule has 0 aliphatic rings. The predicted molar refractivity (Wildman–Crippen MR) is 84.7 cm³/mol. The van der Waals surface area contributed by atoms with E-state index in [2.05, 4.69) is 80.6 Å². The molecule has 0 fully saturated rings. The molecule has 0 saturated heterocycles. The van der Waals surface area contributed by atoms with Gasteiger partial charge in [-0.25, -0.2) is 4.98 Å². The highest BCUT2D eigenvalue weighted by Crippen LogP contribution is 2.27. The molecule has 2 heterocycles. The van der Waals surface area contributed by atoms with Gasteiger partial charge in [0.15, 0.2) is 0 Å². The largest absolute Gasteiger partial charge is 0.334 e. The van der Waals surface area contributed by atoms with Crippen LogP contribution in [-0.2, 0) is 17.9 Å². The van der Waals surface area contributed by atoms with Gasteiger partial charge in [0.2, 0.25) is 5.95 Å². The fourth-order valence-corrected chi connectivity index (χ4v) is 2.28. The third kappa shape index (κ3) is 2.89. The fourth-order valence-electron chi connectivity index (χ4n) is 2.28. The number of aromatic nitrogens is 3. The molecule has 2 N–H and O–H groups in total. The monoisotopic (exact) mass is 274 g/mol. The van der Waals surface area contributed by atoms with Crippen molar-refractivity contribution in [1.82, 2.24) is 14.5 Å². The second kappa shape index (κ2) is 4.69. The molecule has 2 rings (SSSR count). The van der Waals surface area contributed by atoms with Crippen LogP contribution in [0, 0.1) is 0 Å². The van der Waals surface area contributed by atoms with Crippen molar-refractivity contribution in [3.05, 3.63) is 29.7 Å². The van der Waals surface area contributed by atoms with Gasteiger partial charge in [-0.2, -0.15) is 0 Å². The van der Waals surface area contributed by atoms with Gasteiger partial charge < -0.3 is 14.9 Å². The standard InChI is InChI=1S/C16H26N4/c1-15(2,3)11-10-17-14(18-11)19-13-9-8-12(20(13)7)16(4,5)6/h8-10H,1-7H3,(H2,17,18,19). The molecule has 110 valence electrons. The van der Waals surface area contributed by atoms with Crippen molar-refractivity contribution in [3.63, 3.8) is 0 Å². The van der Waals surface area contributed by atoms with Crippen LogP contribution in [0.25, 0.3) is 0 Å². The summed E-state index contributed by atoms with van der Waals surface area (Å²) in [7, 11) is 2.08. The lowest BCUT2D eigenvalue weighted by molar-refractivity contribution is 0.544. The lowest BCUT2D eigenvalue weighted by atomic mass is 9.92. The Morgan fingerprint density at radius 1 is 1.05 bits per heavy atom. The van der Waals surface area contributed by atoms with Crippen LogP contribution in [0.4, 0.5) is 11.8 Å². The zero-order valence-electron chi connectivity index (χ0n) is 13.6. The quantitative estimate of drug-likeness (QED) is 0.866. The molecule has 0 amide bonds. The number of aromatic amines is 1. The predicted octanol–water partition coefficient (Wildman–Crippen LogP) is 4.09. The van der Waals surface area contributed by atoms with Crippen molar-refractivity contribution in [2.45, 2.75) is 52.4 Å². The Hall–Kier alpha value is -1.71. The molecule has 0 unspecified atom stereocenters. The third-order valence-corrected chi connectivity index (χ3v) is 3.52. The Bertz CT molecular complexity index is 591. The normalized spacial score (nSPS) is 12.8. The number of rotatable bonds is 2. The third-order valence-electron chi connectivity index (χ3n) is 3.52. The van der Waals surface area contributed by atoms with Crippen LogP contribution < -0.4 is 5.32 Å². The van der Waals surface area contributed by atoms with Gasteiger partial charge in [-0.15, -0.1) is 0 Å². The molecule has 0 atom stereocenters. The summed E-state index contributed by atoms with van der Waals surface area (Å²) in [4.78, 5) is 7.75. The summed E-state index contributed by atoms with van der Waals surface area (Å²) in [6, 6.07) is 4.26. The zero-order valence-corrected chi connectivity index (χ0v) is 13.6. The molecule has 2 aromatic heterocycles. The van der Waals surface area contributed by atoms with Gasteiger partial charge in [-0.05, 0) is 12.1 Å². The van der Waals surface area contributed by atoms with Crippen molar-refractivity contribution in [1.29, 1.82) is 0 Å². The van der Waals surface area contributed by atoms with E-state index in [4.69, 9.17) is 0 Å². The summed E-state index contributed by atoms with van der Waals surface area (Å²) < 4.78 is 2.18. The zero-order chi connectivity index (χ0) is 15.1. The first-order valence-corrected chi connectivity index (χ1v) is 7.08. The summed E-state index contributed by atoms with van der Waals surface area (Å²) in [5.74, 6) is 1.83. The Morgan fingerprint density at radius 3 is 2.15 bits per heavy atom. The van der Waals surface area contributed by atoms with Gasteiger partial charge in [-0.1, -0.05) is 41.5 Å². The first-order valence-electron chi connectivity index (χ1n) is 7.08. The van der Waals surface area contributed by atoms with Crippen LogP contribution in [0.15, 0.2) is 18.3 Å². The van der Waals surface area contributed by atoms with Gasteiger partial charge in [0.05, 0.1) is 6.20 Å². The molecule has 0 aliphatic carbocycles. The Labute approximate surface area is 121 Å². The number of nitrogens with one attached hydrogen (secondary N) is 2. The van der Waals surface area contributed by atoms with E-state index in [0.29, 0.717) is 0 Å². The van der Waals surface area contributed by atoms with E-state index in [1.165, 1.54) is 5.69 Å². The van der Waals surface area contributed by atoms with Gasteiger partial charge in [0, 0.05) is 29.3 Å². The van der Waals surface area contributed by atoms with Gasteiger partial charge in [0.25, 0.3) is 0 Å². The van der Waals surface area contributed by atoms with Crippen LogP contribution in [0.3, 0.4) is 0 Å². The average Bonchev–Trinajstić information content (AvgIpc) is 2.85. The van der Waals surface area contributed by atoms with Crippen LogP contribution in [0.2, 0.25) is 0 Å². The minimum atomic E-state index is 0.0811. The number of imidazole rings is 1. The maximum absolute atomic E-state index is 4.41. The van der Waals surface area contributed by atoms with Crippen molar-refractivity contribution < 1.29 is 0 Å². The molecular weight excluding hydrogens is 248 g/mol. The summed E-state index contributed by atoms with van der Waals surface area (Å²) in [6.45, 7) is 13.2. The van der Waals surface area contributed by atoms with E-state index in [9.17, 15) is 0 Å². The second-order valence-corrected chi connectivity index (χ2v) is 7.43. The highest BCUT2D eigenvalue weighted by molar-refractivity contribution is 5.51. The first kappa shape index (κ1) is 14.7. The summed E-state index contributed by atoms with van der Waals surface area (Å²) in [6.07, 6.45) is 1.90. The van der Waals surface area contributed by atoms with Gasteiger partial charge in [0.1, 0.15) is 5.82 Å².